The van der Waals surface area contributed by atoms with Crippen molar-refractivity contribution < 1.29 is 13.9 Å². The van der Waals surface area contributed by atoms with Crippen molar-refractivity contribution in [1.29, 1.82) is 0 Å². The zero-order valence-electron chi connectivity index (χ0n) is 13.7. The van der Waals surface area contributed by atoms with Crippen LogP contribution in [0.5, 0.6) is 5.75 Å². The van der Waals surface area contributed by atoms with E-state index < -0.39 is 0 Å². The van der Waals surface area contributed by atoms with Crippen LogP contribution in [0, 0.1) is 0 Å². The van der Waals surface area contributed by atoms with E-state index in [0.29, 0.717) is 23.2 Å². The minimum Gasteiger partial charge on any atom is -0.484 e. The lowest BCUT2D eigenvalue weighted by Crippen LogP contribution is -2.30. The van der Waals surface area contributed by atoms with Gasteiger partial charge in [-0.15, -0.1) is 22.0 Å². The SMILES string of the molecule is O=C(COc1ccc(-c2nnco2)cc1)NCCSc1ccc(Cl)cc1. The van der Waals surface area contributed by atoms with Gasteiger partial charge in [-0.1, -0.05) is 11.6 Å². The first-order valence-corrected chi connectivity index (χ1v) is 9.21. The fourth-order valence-corrected chi connectivity index (χ4v) is 2.98. The van der Waals surface area contributed by atoms with Gasteiger partial charge < -0.3 is 14.5 Å². The lowest BCUT2D eigenvalue weighted by molar-refractivity contribution is -0.122. The fourth-order valence-electron chi connectivity index (χ4n) is 2.08. The first-order valence-electron chi connectivity index (χ1n) is 7.85. The Hall–Kier alpha value is -2.51. The minimum atomic E-state index is -0.164. The standard InChI is InChI=1S/C18H16ClN3O3S/c19-14-3-7-16(8-4-14)26-10-9-20-17(23)11-24-15-5-1-13(2-6-15)18-22-21-12-25-18/h1-8,12H,9-11H2,(H,20,23). The van der Waals surface area contributed by atoms with Crippen molar-refractivity contribution in [3.8, 4) is 17.2 Å². The number of nitrogens with one attached hydrogen (secondary N) is 1. The quantitative estimate of drug-likeness (QED) is 0.467. The van der Waals surface area contributed by atoms with E-state index in [-0.39, 0.29) is 12.5 Å². The average molecular weight is 390 g/mol. The zero-order valence-corrected chi connectivity index (χ0v) is 15.3. The number of amides is 1. The number of aromatic nitrogens is 2. The molecule has 0 aliphatic carbocycles. The lowest BCUT2D eigenvalue weighted by Gasteiger charge is -2.08. The van der Waals surface area contributed by atoms with Gasteiger partial charge in [-0.25, -0.2) is 0 Å². The van der Waals surface area contributed by atoms with Crippen LogP contribution in [-0.4, -0.2) is 35.0 Å². The number of carbonyl (C=O) groups is 1. The molecule has 1 N–H and O–H groups in total. The van der Waals surface area contributed by atoms with Crippen LogP contribution in [0.4, 0.5) is 0 Å². The first kappa shape index (κ1) is 18.3. The highest BCUT2D eigenvalue weighted by Gasteiger charge is 2.05. The summed E-state index contributed by atoms with van der Waals surface area (Å²) in [6.45, 7) is 0.525. The lowest BCUT2D eigenvalue weighted by atomic mass is 10.2. The number of carbonyl (C=O) groups excluding carboxylic acids is 1. The number of rotatable bonds is 8. The molecule has 0 atom stereocenters. The molecule has 134 valence electrons. The molecule has 26 heavy (non-hydrogen) atoms. The van der Waals surface area contributed by atoms with Gasteiger partial charge in [0, 0.05) is 27.8 Å². The molecule has 0 aliphatic heterocycles. The Labute approximate surface area is 159 Å². The van der Waals surface area contributed by atoms with Crippen LogP contribution in [0.15, 0.2) is 64.2 Å². The summed E-state index contributed by atoms with van der Waals surface area (Å²) >= 11 is 7.50. The molecule has 0 saturated carbocycles. The van der Waals surface area contributed by atoms with Crippen molar-refractivity contribution in [2.75, 3.05) is 18.9 Å². The van der Waals surface area contributed by atoms with Crippen molar-refractivity contribution in [1.82, 2.24) is 15.5 Å². The zero-order chi connectivity index (χ0) is 18.2. The molecule has 0 radical (unpaired) electrons. The molecule has 2 aromatic carbocycles. The van der Waals surface area contributed by atoms with Crippen LogP contribution in [0.2, 0.25) is 5.02 Å². The highest BCUT2D eigenvalue weighted by Crippen LogP contribution is 2.20. The van der Waals surface area contributed by atoms with Crippen LogP contribution in [0.25, 0.3) is 11.5 Å². The second-order valence-electron chi connectivity index (χ2n) is 5.21. The largest absolute Gasteiger partial charge is 0.484 e. The molecule has 0 spiro atoms. The molecular formula is C18H16ClN3O3S. The van der Waals surface area contributed by atoms with E-state index in [9.17, 15) is 4.79 Å². The number of ether oxygens (including phenoxy) is 1. The maximum absolute atomic E-state index is 11.8. The molecule has 3 rings (SSSR count). The summed E-state index contributed by atoms with van der Waals surface area (Å²) in [5.74, 6) is 1.64. The number of hydrogen-bond acceptors (Lipinski definition) is 6. The van der Waals surface area contributed by atoms with E-state index in [1.807, 2.05) is 24.3 Å². The van der Waals surface area contributed by atoms with Crippen molar-refractivity contribution >= 4 is 29.3 Å². The average Bonchev–Trinajstić information content (AvgIpc) is 3.20. The Morgan fingerprint density at radius 3 is 2.62 bits per heavy atom. The molecule has 1 heterocycles. The van der Waals surface area contributed by atoms with E-state index in [0.717, 1.165) is 16.2 Å². The Kier molecular flexibility index (Phi) is 6.51. The summed E-state index contributed by atoms with van der Waals surface area (Å²) in [4.78, 5) is 12.9. The highest BCUT2D eigenvalue weighted by molar-refractivity contribution is 7.99. The molecule has 0 bridgehead atoms. The van der Waals surface area contributed by atoms with Gasteiger partial charge in [0.05, 0.1) is 0 Å². The van der Waals surface area contributed by atoms with Gasteiger partial charge in [-0.05, 0) is 48.5 Å². The smallest absolute Gasteiger partial charge is 0.257 e. The Morgan fingerprint density at radius 2 is 1.92 bits per heavy atom. The highest BCUT2D eigenvalue weighted by atomic mass is 35.5. The summed E-state index contributed by atoms with van der Waals surface area (Å²) in [6, 6.07) is 14.7. The second-order valence-corrected chi connectivity index (χ2v) is 6.81. The minimum absolute atomic E-state index is 0.0362. The molecule has 0 saturated heterocycles. The van der Waals surface area contributed by atoms with Crippen LogP contribution >= 0.6 is 23.4 Å². The molecule has 1 amide bonds. The van der Waals surface area contributed by atoms with E-state index >= 15 is 0 Å². The first-order chi connectivity index (χ1) is 12.7. The Bertz CT molecular complexity index is 824. The molecule has 8 heteroatoms. The molecule has 0 aliphatic rings. The van der Waals surface area contributed by atoms with Gasteiger partial charge in [-0.3, -0.25) is 4.79 Å². The monoisotopic (exact) mass is 389 g/mol. The van der Waals surface area contributed by atoms with Crippen molar-refractivity contribution in [2.24, 2.45) is 0 Å². The van der Waals surface area contributed by atoms with Crippen molar-refractivity contribution in [3.05, 3.63) is 59.9 Å². The van der Waals surface area contributed by atoms with Crippen LogP contribution in [0.1, 0.15) is 0 Å². The molecule has 1 aromatic heterocycles. The van der Waals surface area contributed by atoms with Gasteiger partial charge in [0.1, 0.15) is 5.75 Å². The number of nitrogens with zero attached hydrogens (tertiary/aromatic N) is 2. The summed E-state index contributed by atoms with van der Waals surface area (Å²) in [5.41, 5.74) is 0.790. The van der Waals surface area contributed by atoms with E-state index in [1.165, 1.54) is 6.39 Å². The Morgan fingerprint density at radius 1 is 1.15 bits per heavy atom. The van der Waals surface area contributed by atoms with Crippen LogP contribution < -0.4 is 10.1 Å². The van der Waals surface area contributed by atoms with E-state index in [2.05, 4.69) is 15.5 Å². The summed E-state index contributed by atoms with van der Waals surface area (Å²) in [5, 5.41) is 11.0. The van der Waals surface area contributed by atoms with Gasteiger partial charge in [0.15, 0.2) is 6.61 Å². The number of hydrogen-bond donors (Lipinski definition) is 1. The third-order valence-corrected chi connectivity index (χ3v) is 4.60. The summed E-state index contributed by atoms with van der Waals surface area (Å²) < 4.78 is 10.6. The topological polar surface area (TPSA) is 77.2 Å². The fraction of sp³-hybridized carbons (Fsp3) is 0.167. The summed E-state index contributed by atoms with van der Waals surface area (Å²) in [6.07, 6.45) is 1.27. The van der Waals surface area contributed by atoms with Crippen molar-refractivity contribution in [3.63, 3.8) is 0 Å². The van der Waals surface area contributed by atoms with Gasteiger partial charge in [-0.2, -0.15) is 0 Å². The maximum Gasteiger partial charge on any atom is 0.257 e. The van der Waals surface area contributed by atoms with Crippen molar-refractivity contribution in [2.45, 2.75) is 4.90 Å². The normalized spacial score (nSPS) is 10.5. The number of thioether (sulfide) groups is 1. The maximum atomic E-state index is 11.8. The molecule has 0 fully saturated rings. The third kappa shape index (κ3) is 5.50. The third-order valence-electron chi connectivity index (χ3n) is 3.34. The number of halogens is 1. The van der Waals surface area contributed by atoms with Crippen LogP contribution in [0.3, 0.4) is 0 Å². The molecular weight excluding hydrogens is 374 g/mol. The Balaban J connectivity index is 1.35. The predicted molar refractivity (Wildman–Crippen MR) is 100 cm³/mol. The summed E-state index contributed by atoms with van der Waals surface area (Å²) in [7, 11) is 0. The second kappa shape index (κ2) is 9.26. The van der Waals surface area contributed by atoms with Gasteiger partial charge in [0.25, 0.3) is 5.91 Å². The molecule has 6 nitrogen and oxygen atoms in total. The number of benzene rings is 2. The predicted octanol–water partition coefficient (Wildman–Crippen LogP) is 3.68. The van der Waals surface area contributed by atoms with Gasteiger partial charge in [0.2, 0.25) is 12.3 Å². The molecule has 0 unspecified atom stereocenters. The van der Waals surface area contributed by atoms with E-state index in [1.54, 1.807) is 36.0 Å². The molecule has 3 aromatic rings. The van der Waals surface area contributed by atoms with Gasteiger partial charge >= 0.3 is 0 Å². The van der Waals surface area contributed by atoms with E-state index in [4.69, 9.17) is 20.8 Å². The van der Waals surface area contributed by atoms with Crippen LogP contribution in [-0.2, 0) is 4.79 Å².